The number of rotatable bonds is 4. The van der Waals surface area contributed by atoms with E-state index < -0.39 is 21.8 Å². The van der Waals surface area contributed by atoms with Crippen LogP contribution < -0.4 is 0 Å². The third kappa shape index (κ3) is 3.45. The number of carboxylic acid groups (broad SMARTS) is 1. The lowest BCUT2D eigenvalue weighted by molar-refractivity contribution is -0.136. The second-order valence-electron chi connectivity index (χ2n) is 5.79. The first-order valence-corrected chi connectivity index (χ1v) is 8.74. The maximum absolute atomic E-state index is 13.5. The topological polar surface area (TPSA) is 74.7 Å². The molecule has 0 aliphatic carbocycles. The Balaban J connectivity index is 2.58. The molecule has 1 aromatic rings. The minimum absolute atomic E-state index is 0.0917. The van der Waals surface area contributed by atoms with Gasteiger partial charge in [0.2, 0.25) is 10.0 Å². The van der Waals surface area contributed by atoms with Gasteiger partial charge in [-0.25, -0.2) is 12.8 Å². The van der Waals surface area contributed by atoms with Crippen molar-refractivity contribution in [3.05, 3.63) is 40.2 Å². The van der Waals surface area contributed by atoms with Crippen molar-refractivity contribution >= 4 is 16.0 Å². The van der Waals surface area contributed by atoms with Gasteiger partial charge in [0.15, 0.2) is 0 Å². The van der Waals surface area contributed by atoms with E-state index in [4.69, 9.17) is 5.11 Å². The minimum Gasteiger partial charge on any atom is -0.481 e. The van der Waals surface area contributed by atoms with Gasteiger partial charge in [0.25, 0.3) is 0 Å². The van der Waals surface area contributed by atoms with Gasteiger partial charge in [-0.2, -0.15) is 4.31 Å². The Morgan fingerprint density at radius 2 is 1.96 bits per heavy atom. The molecule has 1 aromatic carbocycles. The molecule has 23 heavy (non-hydrogen) atoms. The van der Waals surface area contributed by atoms with Crippen molar-refractivity contribution in [3.8, 4) is 0 Å². The van der Waals surface area contributed by atoms with Gasteiger partial charge < -0.3 is 5.11 Å². The third-order valence-corrected chi connectivity index (χ3v) is 6.19. The van der Waals surface area contributed by atoms with Crippen molar-refractivity contribution in [2.75, 3.05) is 13.1 Å². The molecule has 0 radical (unpaired) electrons. The zero-order valence-corrected chi connectivity index (χ0v) is 14.2. The summed E-state index contributed by atoms with van der Waals surface area (Å²) in [7, 11) is -3.87. The van der Waals surface area contributed by atoms with E-state index in [0.29, 0.717) is 23.1 Å². The summed E-state index contributed by atoms with van der Waals surface area (Å²) in [4.78, 5) is 11.1. The van der Waals surface area contributed by atoms with Crippen LogP contribution >= 0.6 is 0 Å². The van der Waals surface area contributed by atoms with Crippen molar-refractivity contribution < 1.29 is 22.7 Å². The zero-order chi connectivity index (χ0) is 17.4. The van der Waals surface area contributed by atoms with Gasteiger partial charge in [-0.3, -0.25) is 4.79 Å². The van der Waals surface area contributed by atoms with E-state index >= 15 is 0 Å². The molecule has 0 saturated carbocycles. The van der Waals surface area contributed by atoms with Crippen molar-refractivity contribution in [2.24, 2.45) is 0 Å². The van der Waals surface area contributed by atoms with Crippen LogP contribution in [0.3, 0.4) is 0 Å². The number of benzene rings is 1. The summed E-state index contributed by atoms with van der Waals surface area (Å²) in [6.45, 7) is 4.99. The van der Waals surface area contributed by atoms with E-state index in [2.05, 4.69) is 0 Å². The van der Waals surface area contributed by atoms with Gasteiger partial charge in [0, 0.05) is 6.54 Å². The van der Waals surface area contributed by atoms with Gasteiger partial charge in [0.1, 0.15) is 5.83 Å². The van der Waals surface area contributed by atoms with Crippen molar-refractivity contribution in [1.29, 1.82) is 0 Å². The number of aliphatic carboxylic acids is 1. The number of aryl methyl sites for hydroxylation is 2. The second kappa shape index (κ2) is 6.41. The molecule has 0 aromatic heterocycles. The predicted molar refractivity (Wildman–Crippen MR) is 84.6 cm³/mol. The second-order valence-corrected chi connectivity index (χ2v) is 7.67. The molecule has 1 aliphatic rings. The van der Waals surface area contributed by atoms with Crippen LogP contribution in [0.15, 0.2) is 22.9 Å². The highest BCUT2D eigenvalue weighted by Gasteiger charge is 2.31. The lowest BCUT2D eigenvalue weighted by Gasteiger charge is -2.26. The fourth-order valence-electron chi connectivity index (χ4n) is 3.04. The van der Waals surface area contributed by atoms with Crippen LogP contribution in [-0.2, 0) is 21.2 Å². The van der Waals surface area contributed by atoms with Crippen LogP contribution in [0.25, 0.3) is 0 Å². The maximum atomic E-state index is 13.5. The summed E-state index contributed by atoms with van der Waals surface area (Å²) in [5, 5.41) is 9.05. The molecule has 1 aliphatic heterocycles. The van der Waals surface area contributed by atoms with E-state index in [9.17, 15) is 17.6 Å². The molecule has 2 rings (SSSR count). The summed E-state index contributed by atoms with van der Waals surface area (Å²) >= 11 is 0. The summed E-state index contributed by atoms with van der Waals surface area (Å²) < 4.78 is 40.4. The van der Waals surface area contributed by atoms with Gasteiger partial charge >= 0.3 is 5.97 Å². The van der Waals surface area contributed by atoms with Crippen LogP contribution in [0, 0.1) is 20.8 Å². The molecule has 0 fully saturated rings. The number of nitrogens with zero attached hydrogens (tertiary/aromatic N) is 1. The summed E-state index contributed by atoms with van der Waals surface area (Å²) in [6, 6.07) is 1.67. The maximum Gasteiger partial charge on any atom is 0.307 e. The molecule has 5 nitrogen and oxygen atoms in total. The molecular weight excluding hydrogens is 321 g/mol. The molecule has 0 spiro atoms. The first kappa shape index (κ1) is 17.6. The van der Waals surface area contributed by atoms with E-state index in [1.165, 1.54) is 6.08 Å². The number of hydrogen-bond acceptors (Lipinski definition) is 3. The summed E-state index contributed by atoms with van der Waals surface area (Å²) in [5.41, 5.74) is 2.21. The van der Waals surface area contributed by atoms with Gasteiger partial charge in [0.05, 0.1) is 17.9 Å². The van der Waals surface area contributed by atoms with Gasteiger partial charge in [-0.15, -0.1) is 0 Å². The number of carbonyl (C=O) groups is 1. The van der Waals surface area contributed by atoms with E-state index in [0.717, 1.165) is 9.87 Å². The lowest BCUT2D eigenvalue weighted by Crippen LogP contribution is -2.36. The molecule has 0 atom stereocenters. The van der Waals surface area contributed by atoms with Crippen LogP contribution in [0.1, 0.15) is 28.7 Å². The summed E-state index contributed by atoms with van der Waals surface area (Å²) in [6.07, 6.45) is 1.47. The Bertz CT molecular complexity index is 784. The average molecular weight is 341 g/mol. The molecule has 126 valence electrons. The van der Waals surface area contributed by atoms with E-state index in [1.807, 2.05) is 0 Å². The van der Waals surface area contributed by atoms with Gasteiger partial charge in [-0.1, -0.05) is 12.1 Å². The highest BCUT2D eigenvalue weighted by atomic mass is 32.2. The van der Waals surface area contributed by atoms with Crippen LogP contribution in [0.4, 0.5) is 4.39 Å². The Labute approximate surface area is 135 Å². The van der Waals surface area contributed by atoms with E-state index in [-0.39, 0.29) is 24.4 Å². The fourth-order valence-corrected chi connectivity index (χ4v) is 4.91. The first-order chi connectivity index (χ1) is 10.6. The average Bonchev–Trinajstić information content (AvgIpc) is 2.42. The monoisotopic (exact) mass is 341 g/mol. The molecular formula is C16H20FNO4S. The van der Waals surface area contributed by atoms with Crippen LogP contribution in [0.5, 0.6) is 0 Å². The summed E-state index contributed by atoms with van der Waals surface area (Å²) in [5.74, 6) is -1.48. The van der Waals surface area contributed by atoms with E-state index in [1.54, 1.807) is 26.8 Å². The standard InChI is InChI=1S/C16H20FNO4S/c1-10-7-11(2)16(12(3)14(10)8-15(19)20)23(21,22)18-6-4-5-13(17)9-18/h5,7H,4,6,8-9H2,1-3H3,(H,19,20). The number of carboxylic acids is 1. The molecule has 1 N–H and O–H groups in total. The molecule has 1 heterocycles. The highest BCUT2D eigenvalue weighted by Crippen LogP contribution is 2.30. The first-order valence-electron chi connectivity index (χ1n) is 7.30. The Morgan fingerprint density at radius 1 is 1.30 bits per heavy atom. The largest absolute Gasteiger partial charge is 0.481 e. The smallest absolute Gasteiger partial charge is 0.307 e. The molecule has 0 amide bonds. The van der Waals surface area contributed by atoms with Crippen LogP contribution in [0.2, 0.25) is 0 Å². The molecule has 0 saturated heterocycles. The van der Waals surface area contributed by atoms with Gasteiger partial charge in [-0.05, 0) is 49.4 Å². The Kier molecular flexibility index (Phi) is 4.91. The normalized spacial score (nSPS) is 16.3. The molecule has 0 unspecified atom stereocenters. The Hall–Kier alpha value is -1.73. The van der Waals surface area contributed by atoms with Crippen molar-refractivity contribution in [2.45, 2.75) is 38.5 Å². The molecule has 0 bridgehead atoms. The fraction of sp³-hybridized carbons (Fsp3) is 0.438. The van der Waals surface area contributed by atoms with Crippen molar-refractivity contribution in [3.63, 3.8) is 0 Å². The number of sulfonamides is 1. The van der Waals surface area contributed by atoms with Crippen molar-refractivity contribution in [1.82, 2.24) is 4.31 Å². The molecule has 7 heteroatoms. The predicted octanol–water partition coefficient (Wildman–Crippen LogP) is 2.49. The minimum atomic E-state index is -3.87. The lowest BCUT2D eigenvalue weighted by atomic mass is 9.97. The Morgan fingerprint density at radius 3 is 2.52 bits per heavy atom. The zero-order valence-electron chi connectivity index (χ0n) is 13.4. The number of halogens is 1. The number of hydrogen-bond donors (Lipinski definition) is 1. The third-order valence-electron chi connectivity index (χ3n) is 4.06. The van der Waals surface area contributed by atoms with Crippen LogP contribution in [-0.4, -0.2) is 36.9 Å². The SMILES string of the molecule is Cc1cc(C)c(S(=O)(=O)N2CCC=C(F)C2)c(C)c1CC(=O)O. The quantitative estimate of drug-likeness (QED) is 0.913. The highest BCUT2D eigenvalue weighted by molar-refractivity contribution is 7.89.